The molecule has 2 nitrogen and oxygen atoms in total. The third-order valence-electron chi connectivity index (χ3n) is 2.75. The molecule has 1 heterocycles. The van der Waals surface area contributed by atoms with Crippen LogP contribution < -0.4 is 0 Å². The van der Waals surface area contributed by atoms with Crippen LogP contribution in [-0.2, 0) is 4.74 Å². The molecule has 0 aromatic heterocycles. The van der Waals surface area contributed by atoms with Gasteiger partial charge in [0.05, 0.1) is 0 Å². The van der Waals surface area contributed by atoms with E-state index in [1.54, 1.807) is 24.3 Å². The Balaban J connectivity index is 2.20. The van der Waals surface area contributed by atoms with Crippen molar-refractivity contribution in [1.82, 2.24) is 0 Å². The first-order chi connectivity index (χ1) is 7.18. The van der Waals surface area contributed by atoms with E-state index in [-0.39, 0.29) is 11.9 Å². The van der Waals surface area contributed by atoms with Gasteiger partial charge in [0.25, 0.3) is 0 Å². The smallest absolute Gasteiger partial charge is 0.191 e. The highest BCUT2D eigenvalue weighted by Gasteiger charge is 2.31. The van der Waals surface area contributed by atoms with Crippen LogP contribution in [0.25, 0.3) is 0 Å². The van der Waals surface area contributed by atoms with Gasteiger partial charge in [-0.25, -0.2) is 0 Å². The number of halogens is 1. The molecule has 0 saturated carbocycles. The largest absolute Gasteiger partial charge is 0.370 e. The highest BCUT2D eigenvalue weighted by molar-refractivity contribution is 6.31. The molecule has 1 fully saturated rings. The van der Waals surface area contributed by atoms with Crippen molar-refractivity contribution in [1.29, 1.82) is 0 Å². The van der Waals surface area contributed by atoms with Gasteiger partial charge in [0, 0.05) is 17.2 Å². The van der Waals surface area contributed by atoms with Gasteiger partial charge in [-0.2, -0.15) is 0 Å². The standard InChI is InChI=1S/C12H13ClO2/c1-8-5-6-15-12(8)11(14)9-3-2-4-10(13)7-9/h2-4,7-8,12H,5-6H2,1H3. The Morgan fingerprint density at radius 3 is 2.93 bits per heavy atom. The Labute approximate surface area is 94.2 Å². The topological polar surface area (TPSA) is 26.3 Å². The molecule has 0 amide bonds. The Bertz CT molecular complexity index is 376. The minimum absolute atomic E-state index is 0.0440. The summed E-state index contributed by atoms with van der Waals surface area (Å²) in [6, 6.07) is 7.02. The van der Waals surface area contributed by atoms with Crippen molar-refractivity contribution < 1.29 is 9.53 Å². The lowest BCUT2D eigenvalue weighted by atomic mass is 9.96. The third-order valence-corrected chi connectivity index (χ3v) is 2.99. The molecule has 80 valence electrons. The predicted molar refractivity (Wildman–Crippen MR) is 59.3 cm³/mol. The fraction of sp³-hybridized carbons (Fsp3) is 0.417. The summed E-state index contributed by atoms with van der Waals surface area (Å²) in [6.07, 6.45) is 0.667. The van der Waals surface area contributed by atoms with Crippen molar-refractivity contribution in [2.45, 2.75) is 19.4 Å². The van der Waals surface area contributed by atoms with Crippen LogP contribution in [0.1, 0.15) is 23.7 Å². The van der Waals surface area contributed by atoms with E-state index < -0.39 is 0 Å². The van der Waals surface area contributed by atoms with E-state index in [2.05, 4.69) is 0 Å². The van der Waals surface area contributed by atoms with E-state index in [1.807, 2.05) is 6.92 Å². The zero-order valence-corrected chi connectivity index (χ0v) is 9.33. The first-order valence-electron chi connectivity index (χ1n) is 5.10. The first-order valence-corrected chi connectivity index (χ1v) is 5.47. The Hall–Kier alpha value is -0.860. The van der Waals surface area contributed by atoms with Crippen molar-refractivity contribution in [2.24, 2.45) is 5.92 Å². The van der Waals surface area contributed by atoms with Crippen LogP contribution in [0.2, 0.25) is 5.02 Å². The van der Waals surface area contributed by atoms with Crippen molar-refractivity contribution >= 4 is 17.4 Å². The van der Waals surface area contributed by atoms with Crippen molar-refractivity contribution in [3.8, 4) is 0 Å². The zero-order valence-electron chi connectivity index (χ0n) is 8.57. The summed E-state index contributed by atoms with van der Waals surface area (Å²) < 4.78 is 5.43. The van der Waals surface area contributed by atoms with Gasteiger partial charge >= 0.3 is 0 Å². The van der Waals surface area contributed by atoms with Gasteiger partial charge in [-0.05, 0) is 24.5 Å². The second-order valence-corrected chi connectivity index (χ2v) is 4.37. The molecule has 2 rings (SSSR count). The van der Waals surface area contributed by atoms with E-state index in [9.17, 15) is 4.79 Å². The molecule has 15 heavy (non-hydrogen) atoms. The van der Waals surface area contributed by atoms with Gasteiger partial charge in [-0.1, -0.05) is 30.7 Å². The fourth-order valence-corrected chi connectivity index (χ4v) is 2.03. The summed E-state index contributed by atoms with van der Waals surface area (Å²) in [5, 5.41) is 0.589. The van der Waals surface area contributed by atoms with Gasteiger partial charge in [0.2, 0.25) is 0 Å². The Morgan fingerprint density at radius 2 is 2.33 bits per heavy atom. The molecular weight excluding hydrogens is 212 g/mol. The number of ketones is 1. The van der Waals surface area contributed by atoms with Gasteiger partial charge in [0.15, 0.2) is 5.78 Å². The van der Waals surface area contributed by atoms with E-state index in [0.29, 0.717) is 23.1 Å². The molecular formula is C12H13ClO2. The molecule has 0 spiro atoms. The number of carbonyl (C=O) groups is 1. The highest BCUT2D eigenvalue weighted by atomic mass is 35.5. The number of hydrogen-bond donors (Lipinski definition) is 0. The molecule has 1 aromatic rings. The van der Waals surface area contributed by atoms with Crippen LogP contribution in [0.4, 0.5) is 0 Å². The maximum atomic E-state index is 12.0. The summed E-state index contributed by atoms with van der Waals surface area (Å²) >= 11 is 5.84. The summed E-state index contributed by atoms with van der Waals surface area (Å²) in [4.78, 5) is 12.0. The number of rotatable bonds is 2. The second-order valence-electron chi connectivity index (χ2n) is 3.93. The van der Waals surface area contributed by atoms with Crippen LogP contribution in [-0.4, -0.2) is 18.5 Å². The maximum absolute atomic E-state index is 12.0. The average molecular weight is 225 g/mol. The predicted octanol–water partition coefficient (Wildman–Crippen LogP) is 2.95. The van der Waals surface area contributed by atoms with Crippen LogP contribution >= 0.6 is 11.6 Å². The SMILES string of the molecule is CC1CCOC1C(=O)c1cccc(Cl)c1. The van der Waals surface area contributed by atoms with E-state index in [4.69, 9.17) is 16.3 Å². The van der Waals surface area contributed by atoms with Crippen molar-refractivity contribution in [3.63, 3.8) is 0 Å². The maximum Gasteiger partial charge on any atom is 0.191 e. The molecule has 3 heteroatoms. The first kappa shape index (κ1) is 10.7. The van der Waals surface area contributed by atoms with Crippen molar-refractivity contribution in [3.05, 3.63) is 34.9 Å². The van der Waals surface area contributed by atoms with Crippen LogP contribution in [0.3, 0.4) is 0 Å². The summed E-state index contributed by atoms with van der Waals surface area (Å²) in [5.74, 6) is 0.346. The highest BCUT2D eigenvalue weighted by Crippen LogP contribution is 2.24. The van der Waals surface area contributed by atoms with E-state index in [0.717, 1.165) is 6.42 Å². The summed E-state index contributed by atoms with van der Waals surface area (Å²) in [7, 11) is 0. The number of carbonyl (C=O) groups excluding carboxylic acids is 1. The quantitative estimate of drug-likeness (QED) is 0.722. The average Bonchev–Trinajstić information content (AvgIpc) is 2.63. The lowest BCUT2D eigenvalue weighted by Crippen LogP contribution is -2.25. The van der Waals surface area contributed by atoms with Gasteiger partial charge < -0.3 is 4.74 Å². The molecule has 2 atom stereocenters. The molecule has 1 aliphatic heterocycles. The monoisotopic (exact) mass is 224 g/mol. The normalized spacial score (nSPS) is 25.5. The fourth-order valence-electron chi connectivity index (χ4n) is 1.84. The number of hydrogen-bond acceptors (Lipinski definition) is 2. The lowest BCUT2D eigenvalue weighted by molar-refractivity contribution is 0.0579. The number of Topliss-reactive ketones (excluding diaryl/α,β-unsaturated/α-hetero) is 1. The summed E-state index contributed by atoms with van der Waals surface area (Å²) in [6.45, 7) is 2.72. The number of ether oxygens (including phenoxy) is 1. The minimum atomic E-state index is -0.288. The summed E-state index contributed by atoms with van der Waals surface area (Å²) in [5.41, 5.74) is 0.640. The third kappa shape index (κ3) is 2.21. The molecule has 1 aliphatic rings. The van der Waals surface area contributed by atoms with E-state index in [1.165, 1.54) is 0 Å². The molecule has 0 radical (unpaired) electrons. The second kappa shape index (κ2) is 4.33. The van der Waals surface area contributed by atoms with Gasteiger partial charge in [-0.3, -0.25) is 4.79 Å². The van der Waals surface area contributed by atoms with Crippen LogP contribution in [0.5, 0.6) is 0 Å². The minimum Gasteiger partial charge on any atom is -0.370 e. The lowest BCUT2D eigenvalue weighted by Gasteiger charge is -2.13. The van der Waals surface area contributed by atoms with Crippen molar-refractivity contribution in [2.75, 3.05) is 6.61 Å². The number of benzene rings is 1. The Morgan fingerprint density at radius 1 is 1.53 bits per heavy atom. The van der Waals surface area contributed by atoms with Gasteiger partial charge in [0.1, 0.15) is 6.10 Å². The molecule has 0 N–H and O–H groups in total. The van der Waals surface area contributed by atoms with Crippen LogP contribution in [0.15, 0.2) is 24.3 Å². The van der Waals surface area contributed by atoms with Gasteiger partial charge in [-0.15, -0.1) is 0 Å². The molecule has 2 unspecified atom stereocenters. The molecule has 0 bridgehead atoms. The molecule has 1 saturated heterocycles. The molecule has 1 aromatic carbocycles. The zero-order chi connectivity index (χ0) is 10.8. The molecule has 0 aliphatic carbocycles. The van der Waals surface area contributed by atoms with Crippen LogP contribution in [0, 0.1) is 5.92 Å². The Kier molecular flexibility index (Phi) is 3.08. The van der Waals surface area contributed by atoms with E-state index >= 15 is 0 Å².